The van der Waals surface area contributed by atoms with E-state index >= 15 is 0 Å². The topological polar surface area (TPSA) is 36.1 Å². The SMILES string of the molecule is Cc1ccc2c(c1)CCCN2C(=O)c1cc2cc(F)ccc2[nH]1. The summed E-state index contributed by atoms with van der Waals surface area (Å²) >= 11 is 0. The van der Waals surface area contributed by atoms with Gasteiger partial charge in [0.1, 0.15) is 11.5 Å². The molecule has 3 aromatic rings. The number of aromatic nitrogens is 1. The minimum absolute atomic E-state index is 0.0635. The minimum atomic E-state index is -0.297. The number of H-pyrrole nitrogens is 1. The van der Waals surface area contributed by atoms with Gasteiger partial charge in [0.25, 0.3) is 5.91 Å². The number of carbonyl (C=O) groups is 1. The van der Waals surface area contributed by atoms with Gasteiger partial charge in [0.2, 0.25) is 0 Å². The molecular weight excluding hydrogens is 291 g/mol. The van der Waals surface area contributed by atoms with Gasteiger partial charge in [-0.05, 0) is 55.7 Å². The lowest BCUT2D eigenvalue weighted by atomic mass is 9.99. The van der Waals surface area contributed by atoms with Crippen molar-refractivity contribution in [1.29, 1.82) is 0 Å². The highest BCUT2D eigenvalue weighted by atomic mass is 19.1. The van der Waals surface area contributed by atoms with E-state index in [1.807, 2.05) is 17.0 Å². The number of nitrogens with zero attached hydrogens (tertiary/aromatic N) is 1. The van der Waals surface area contributed by atoms with Crippen molar-refractivity contribution < 1.29 is 9.18 Å². The highest BCUT2D eigenvalue weighted by Crippen LogP contribution is 2.29. The molecule has 0 atom stereocenters. The Balaban J connectivity index is 1.74. The number of halogens is 1. The number of aromatic amines is 1. The van der Waals surface area contributed by atoms with E-state index < -0.39 is 0 Å². The Kier molecular flexibility index (Phi) is 3.18. The van der Waals surface area contributed by atoms with Crippen LogP contribution >= 0.6 is 0 Å². The molecule has 4 heteroatoms. The van der Waals surface area contributed by atoms with Crippen LogP contribution in [-0.2, 0) is 6.42 Å². The van der Waals surface area contributed by atoms with Gasteiger partial charge >= 0.3 is 0 Å². The predicted molar refractivity (Wildman–Crippen MR) is 89.4 cm³/mol. The van der Waals surface area contributed by atoms with Crippen LogP contribution in [0.4, 0.5) is 10.1 Å². The Labute approximate surface area is 133 Å². The van der Waals surface area contributed by atoms with Gasteiger partial charge < -0.3 is 9.88 Å². The number of anilines is 1. The fourth-order valence-corrected chi connectivity index (χ4v) is 3.30. The first-order valence-corrected chi connectivity index (χ1v) is 7.81. The van der Waals surface area contributed by atoms with Crippen LogP contribution in [0.5, 0.6) is 0 Å². The Hall–Kier alpha value is -2.62. The number of nitrogens with one attached hydrogen (secondary N) is 1. The molecule has 1 amide bonds. The van der Waals surface area contributed by atoms with E-state index in [0.717, 1.165) is 29.4 Å². The molecule has 1 aliphatic rings. The van der Waals surface area contributed by atoms with Crippen molar-refractivity contribution in [3.8, 4) is 0 Å². The first kappa shape index (κ1) is 14.0. The number of amides is 1. The number of hydrogen-bond acceptors (Lipinski definition) is 1. The maximum Gasteiger partial charge on any atom is 0.274 e. The zero-order valence-electron chi connectivity index (χ0n) is 12.9. The number of aryl methyl sites for hydroxylation is 2. The van der Waals surface area contributed by atoms with Crippen molar-refractivity contribution in [2.24, 2.45) is 0 Å². The van der Waals surface area contributed by atoms with Crippen LogP contribution in [0.1, 0.15) is 28.0 Å². The zero-order valence-corrected chi connectivity index (χ0v) is 12.9. The van der Waals surface area contributed by atoms with Gasteiger partial charge in [-0.15, -0.1) is 0 Å². The molecule has 0 spiro atoms. The Morgan fingerprint density at radius 2 is 2.04 bits per heavy atom. The molecule has 4 rings (SSSR count). The lowest BCUT2D eigenvalue weighted by molar-refractivity contribution is 0.0981. The third-order valence-electron chi connectivity index (χ3n) is 4.41. The van der Waals surface area contributed by atoms with Gasteiger partial charge in [-0.3, -0.25) is 4.79 Å². The molecule has 0 fully saturated rings. The molecule has 0 saturated carbocycles. The van der Waals surface area contributed by atoms with E-state index in [-0.39, 0.29) is 11.7 Å². The van der Waals surface area contributed by atoms with E-state index in [4.69, 9.17) is 0 Å². The van der Waals surface area contributed by atoms with Gasteiger partial charge in [-0.1, -0.05) is 17.7 Å². The van der Waals surface area contributed by atoms with Crippen LogP contribution in [0.15, 0.2) is 42.5 Å². The zero-order chi connectivity index (χ0) is 16.0. The summed E-state index contributed by atoms with van der Waals surface area (Å²) in [6.45, 7) is 2.77. The smallest absolute Gasteiger partial charge is 0.274 e. The van der Waals surface area contributed by atoms with Crippen LogP contribution in [0.3, 0.4) is 0 Å². The molecule has 0 aliphatic carbocycles. The summed E-state index contributed by atoms with van der Waals surface area (Å²) in [6.07, 6.45) is 1.95. The fourth-order valence-electron chi connectivity index (χ4n) is 3.30. The maximum absolute atomic E-state index is 13.3. The normalized spacial score (nSPS) is 14.1. The third kappa shape index (κ3) is 2.40. The second-order valence-electron chi connectivity index (χ2n) is 6.11. The molecule has 3 nitrogen and oxygen atoms in total. The van der Waals surface area contributed by atoms with E-state index in [2.05, 4.69) is 18.0 Å². The van der Waals surface area contributed by atoms with Gasteiger partial charge in [0.15, 0.2) is 0 Å². The standard InChI is InChI=1S/C19H17FN2O/c1-12-4-7-18-13(9-12)3-2-8-22(18)19(23)17-11-14-10-15(20)5-6-16(14)21-17/h4-7,9-11,21H,2-3,8H2,1H3. The molecule has 0 saturated heterocycles. The summed E-state index contributed by atoms with van der Waals surface area (Å²) in [4.78, 5) is 17.8. The molecule has 1 N–H and O–H groups in total. The van der Waals surface area contributed by atoms with Gasteiger partial charge in [-0.25, -0.2) is 4.39 Å². The summed E-state index contributed by atoms with van der Waals surface area (Å²) in [5.41, 5.74) is 4.68. The van der Waals surface area contributed by atoms with E-state index in [0.29, 0.717) is 12.2 Å². The third-order valence-corrected chi connectivity index (χ3v) is 4.41. The van der Waals surface area contributed by atoms with Crippen LogP contribution in [0, 0.1) is 12.7 Å². The summed E-state index contributed by atoms with van der Waals surface area (Å²) in [5.74, 6) is -0.360. The summed E-state index contributed by atoms with van der Waals surface area (Å²) in [6, 6.07) is 12.4. The number of carbonyl (C=O) groups excluding carboxylic acids is 1. The van der Waals surface area contributed by atoms with Crippen LogP contribution in [0.2, 0.25) is 0 Å². The van der Waals surface area contributed by atoms with E-state index in [1.54, 1.807) is 12.1 Å². The Morgan fingerprint density at radius 3 is 2.91 bits per heavy atom. The molecule has 0 unspecified atom stereocenters. The van der Waals surface area contributed by atoms with Crippen LogP contribution < -0.4 is 4.90 Å². The molecule has 1 aliphatic heterocycles. The molecular formula is C19H17FN2O. The van der Waals surface area contributed by atoms with Crippen LogP contribution in [0.25, 0.3) is 10.9 Å². The molecule has 2 aromatic carbocycles. The predicted octanol–water partition coefficient (Wildman–Crippen LogP) is 4.21. The highest BCUT2D eigenvalue weighted by molar-refractivity contribution is 6.08. The van der Waals surface area contributed by atoms with Crippen molar-refractivity contribution in [2.45, 2.75) is 19.8 Å². The summed E-state index contributed by atoms with van der Waals surface area (Å²) < 4.78 is 13.3. The number of fused-ring (bicyclic) bond motifs is 2. The van der Waals surface area contributed by atoms with Crippen molar-refractivity contribution in [1.82, 2.24) is 4.98 Å². The molecule has 116 valence electrons. The van der Waals surface area contributed by atoms with Crippen LogP contribution in [-0.4, -0.2) is 17.4 Å². The van der Waals surface area contributed by atoms with Gasteiger partial charge in [0, 0.05) is 23.1 Å². The Bertz CT molecular complexity index is 913. The fraction of sp³-hybridized carbons (Fsp3) is 0.211. The maximum atomic E-state index is 13.3. The molecule has 23 heavy (non-hydrogen) atoms. The van der Waals surface area contributed by atoms with E-state index in [9.17, 15) is 9.18 Å². The van der Waals surface area contributed by atoms with Gasteiger partial charge in [0.05, 0.1) is 0 Å². The first-order valence-electron chi connectivity index (χ1n) is 7.81. The quantitative estimate of drug-likeness (QED) is 0.718. The average molecular weight is 308 g/mol. The van der Waals surface area contributed by atoms with Crippen molar-refractivity contribution in [3.05, 3.63) is 65.1 Å². The summed E-state index contributed by atoms with van der Waals surface area (Å²) in [5, 5.41) is 0.717. The lowest BCUT2D eigenvalue weighted by Crippen LogP contribution is -2.35. The minimum Gasteiger partial charge on any atom is -0.351 e. The summed E-state index contributed by atoms with van der Waals surface area (Å²) in [7, 11) is 0. The van der Waals surface area contributed by atoms with Crippen molar-refractivity contribution in [2.75, 3.05) is 11.4 Å². The molecule has 0 bridgehead atoms. The monoisotopic (exact) mass is 308 g/mol. The second-order valence-corrected chi connectivity index (χ2v) is 6.11. The van der Waals surface area contributed by atoms with E-state index in [1.165, 1.54) is 23.3 Å². The highest BCUT2D eigenvalue weighted by Gasteiger charge is 2.24. The Morgan fingerprint density at radius 1 is 1.17 bits per heavy atom. The number of hydrogen-bond donors (Lipinski definition) is 1. The van der Waals surface area contributed by atoms with Crippen molar-refractivity contribution >= 4 is 22.5 Å². The second kappa shape index (κ2) is 5.23. The average Bonchev–Trinajstić information content (AvgIpc) is 2.96. The first-order chi connectivity index (χ1) is 11.1. The van der Waals surface area contributed by atoms with Gasteiger partial charge in [-0.2, -0.15) is 0 Å². The lowest BCUT2D eigenvalue weighted by Gasteiger charge is -2.29. The largest absolute Gasteiger partial charge is 0.351 e. The molecule has 0 radical (unpaired) electrons. The number of rotatable bonds is 1. The number of benzene rings is 2. The van der Waals surface area contributed by atoms with Crippen molar-refractivity contribution in [3.63, 3.8) is 0 Å². The molecule has 2 heterocycles. The molecule has 1 aromatic heterocycles.